The number of hydrogen-bond acceptors (Lipinski definition) is 3. The largest absolute Gasteiger partial charge is 0.332 e. The fraction of sp³-hybridized carbons (Fsp3) is 0.464. The van der Waals surface area contributed by atoms with Crippen LogP contribution in [-0.4, -0.2) is 26.9 Å². The van der Waals surface area contributed by atoms with Crippen molar-refractivity contribution in [3.05, 3.63) is 69.8 Å². The summed E-state index contributed by atoms with van der Waals surface area (Å²) in [6.45, 7) is 13.1. The monoisotopic (exact) mass is 447 g/mol. The molecule has 0 aliphatic heterocycles. The number of benzene rings is 2. The average Bonchev–Trinajstić information content (AvgIpc) is 2.78. The molecule has 0 radical (unpaired) electrons. The van der Waals surface area contributed by atoms with Crippen LogP contribution in [0.4, 0.5) is 0 Å². The van der Waals surface area contributed by atoms with Crippen LogP contribution in [0.1, 0.15) is 76.4 Å². The van der Waals surface area contributed by atoms with Gasteiger partial charge in [-0.3, -0.25) is 14.2 Å². The Morgan fingerprint density at radius 1 is 1.06 bits per heavy atom. The molecule has 5 heteroatoms. The third kappa shape index (κ3) is 5.35. The van der Waals surface area contributed by atoms with Crippen molar-refractivity contribution in [2.24, 2.45) is 5.92 Å². The maximum Gasteiger partial charge on any atom is 0.266 e. The molecule has 0 bridgehead atoms. The van der Waals surface area contributed by atoms with Gasteiger partial charge in [0, 0.05) is 13.0 Å². The zero-order valence-corrected chi connectivity index (χ0v) is 20.9. The first-order chi connectivity index (χ1) is 15.8. The van der Waals surface area contributed by atoms with Crippen LogP contribution in [0.15, 0.2) is 47.3 Å². The van der Waals surface area contributed by atoms with Crippen molar-refractivity contribution < 1.29 is 4.79 Å². The Hall–Kier alpha value is -2.95. The van der Waals surface area contributed by atoms with Gasteiger partial charge in [-0.05, 0) is 68.0 Å². The maximum absolute atomic E-state index is 13.8. The molecule has 1 heterocycles. The summed E-state index contributed by atoms with van der Waals surface area (Å²) in [5.41, 5.74) is 3.66. The van der Waals surface area contributed by atoms with Crippen LogP contribution in [0.2, 0.25) is 0 Å². The van der Waals surface area contributed by atoms with Crippen molar-refractivity contribution >= 4 is 16.8 Å². The molecular weight excluding hydrogens is 410 g/mol. The quantitative estimate of drug-likeness (QED) is 0.396. The first-order valence-electron chi connectivity index (χ1n) is 12.2. The van der Waals surface area contributed by atoms with Gasteiger partial charge >= 0.3 is 0 Å². The first-order valence-corrected chi connectivity index (χ1v) is 12.2. The number of fused-ring (bicyclic) bond motifs is 1. The third-order valence-corrected chi connectivity index (χ3v) is 6.27. The van der Waals surface area contributed by atoms with E-state index in [1.807, 2.05) is 47.4 Å². The minimum atomic E-state index is -0.276. The van der Waals surface area contributed by atoms with Crippen LogP contribution in [0, 0.1) is 19.8 Å². The fourth-order valence-corrected chi connectivity index (χ4v) is 4.28. The predicted octanol–water partition coefficient (Wildman–Crippen LogP) is 6.13. The Morgan fingerprint density at radius 3 is 2.42 bits per heavy atom. The molecule has 3 rings (SSSR count). The Balaban J connectivity index is 2.28. The van der Waals surface area contributed by atoms with Gasteiger partial charge in [0.25, 0.3) is 5.56 Å². The molecule has 0 aliphatic rings. The Labute approximate surface area is 197 Å². The normalized spacial score (nSPS) is 12.3. The molecule has 3 aromatic rings. The van der Waals surface area contributed by atoms with E-state index in [1.54, 1.807) is 4.57 Å². The smallest absolute Gasteiger partial charge is 0.266 e. The summed E-state index contributed by atoms with van der Waals surface area (Å²) in [4.78, 5) is 34.1. The minimum Gasteiger partial charge on any atom is -0.332 e. The van der Waals surface area contributed by atoms with Crippen molar-refractivity contribution in [2.75, 3.05) is 6.54 Å². The van der Waals surface area contributed by atoms with Gasteiger partial charge in [0.15, 0.2) is 0 Å². The summed E-state index contributed by atoms with van der Waals surface area (Å²) in [6, 6.07) is 13.2. The topological polar surface area (TPSA) is 55.2 Å². The van der Waals surface area contributed by atoms with Crippen molar-refractivity contribution in [3.63, 3.8) is 0 Å². The fourth-order valence-electron chi connectivity index (χ4n) is 4.28. The Kier molecular flexibility index (Phi) is 8.06. The van der Waals surface area contributed by atoms with Crippen LogP contribution in [0.5, 0.6) is 0 Å². The second kappa shape index (κ2) is 10.8. The van der Waals surface area contributed by atoms with E-state index < -0.39 is 0 Å². The zero-order valence-electron chi connectivity index (χ0n) is 20.9. The number of hydrogen-bond donors (Lipinski definition) is 0. The molecule has 1 amide bonds. The number of para-hydroxylation sites is 1. The maximum atomic E-state index is 13.8. The number of carbonyl (C=O) groups excluding carboxylic acids is 1. The number of amides is 1. The summed E-state index contributed by atoms with van der Waals surface area (Å²) >= 11 is 0. The molecular formula is C28H37N3O2. The number of unbranched alkanes of at least 4 members (excludes halogenated alkanes) is 1. The number of carbonyl (C=O) groups is 1. The summed E-state index contributed by atoms with van der Waals surface area (Å²) in [5.74, 6) is 1.03. The molecule has 0 aliphatic carbocycles. The van der Waals surface area contributed by atoms with Gasteiger partial charge in [0.05, 0.1) is 22.6 Å². The van der Waals surface area contributed by atoms with Gasteiger partial charge < -0.3 is 4.90 Å². The lowest BCUT2D eigenvalue weighted by atomic mass is 10.0. The van der Waals surface area contributed by atoms with E-state index in [4.69, 9.17) is 4.98 Å². The highest BCUT2D eigenvalue weighted by molar-refractivity contribution is 5.79. The van der Waals surface area contributed by atoms with Crippen molar-refractivity contribution in [1.82, 2.24) is 14.5 Å². The molecule has 5 nitrogen and oxygen atoms in total. The highest BCUT2D eigenvalue weighted by Crippen LogP contribution is 2.28. The van der Waals surface area contributed by atoms with Gasteiger partial charge in [-0.2, -0.15) is 0 Å². The standard InChI is InChI=1S/C28H37N3O2/c1-7-9-16-30(26(32)17-19(3)4)25(8-2)27-29-24-13-11-10-12-23(24)28(33)31(27)22-15-14-20(5)21(6)18-22/h10-15,18-19,25H,7-9,16-17H2,1-6H3. The third-order valence-electron chi connectivity index (χ3n) is 6.27. The average molecular weight is 448 g/mol. The highest BCUT2D eigenvalue weighted by Gasteiger charge is 2.29. The number of aromatic nitrogens is 2. The molecule has 2 aromatic carbocycles. The highest BCUT2D eigenvalue weighted by atomic mass is 16.2. The van der Waals surface area contributed by atoms with E-state index in [2.05, 4.69) is 41.5 Å². The van der Waals surface area contributed by atoms with Crippen LogP contribution in [-0.2, 0) is 4.79 Å². The molecule has 33 heavy (non-hydrogen) atoms. The van der Waals surface area contributed by atoms with E-state index in [0.717, 1.165) is 24.1 Å². The first kappa shape index (κ1) is 24.7. The summed E-state index contributed by atoms with van der Waals surface area (Å²) in [5, 5.41) is 0.586. The predicted molar refractivity (Wildman–Crippen MR) is 136 cm³/mol. The van der Waals surface area contributed by atoms with E-state index >= 15 is 0 Å². The minimum absolute atomic E-state index is 0.0935. The van der Waals surface area contributed by atoms with Gasteiger partial charge in [0.2, 0.25) is 5.91 Å². The van der Waals surface area contributed by atoms with Crippen molar-refractivity contribution in [2.45, 2.75) is 73.3 Å². The number of aryl methyl sites for hydroxylation is 2. The molecule has 0 saturated heterocycles. The molecule has 1 atom stereocenters. The van der Waals surface area contributed by atoms with Crippen LogP contribution in [0.3, 0.4) is 0 Å². The molecule has 0 saturated carbocycles. The van der Waals surface area contributed by atoms with Crippen LogP contribution >= 0.6 is 0 Å². The van der Waals surface area contributed by atoms with Gasteiger partial charge in [-0.15, -0.1) is 0 Å². The van der Waals surface area contributed by atoms with Gasteiger partial charge in [-0.1, -0.05) is 52.3 Å². The summed E-state index contributed by atoms with van der Waals surface area (Å²) in [6.07, 6.45) is 3.09. The number of nitrogens with zero attached hydrogens (tertiary/aromatic N) is 3. The van der Waals surface area contributed by atoms with E-state index in [0.29, 0.717) is 36.1 Å². The number of rotatable bonds is 9. The Morgan fingerprint density at radius 2 is 1.79 bits per heavy atom. The van der Waals surface area contributed by atoms with Gasteiger partial charge in [0.1, 0.15) is 5.82 Å². The van der Waals surface area contributed by atoms with Crippen molar-refractivity contribution in [3.8, 4) is 5.69 Å². The lowest BCUT2D eigenvalue weighted by Crippen LogP contribution is -2.39. The molecule has 0 N–H and O–H groups in total. The molecule has 0 spiro atoms. The van der Waals surface area contributed by atoms with E-state index in [9.17, 15) is 9.59 Å². The molecule has 0 fully saturated rings. The second-order valence-electron chi connectivity index (χ2n) is 9.36. The van der Waals surface area contributed by atoms with Crippen molar-refractivity contribution in [1.29, 1.82) is 0 Å². The molecule has 1 unspecified atom stereocenters. The lowest BCUT2D eigenvalue weighted by Gasteiger charge is -2.33. The molecule has 176 valence electrons. The lowest BCUT2D eigenvalue weighted by molar-refractivity contribution is -0.135. The summed E-state index contributed by atoms with van der Waals surface area (Å²) < 4.78 is 1.73. The van der Waals surface area contributed by atoms with E-state index in [1.165, 1.54) is 5.56 Å². The van der Waals surface area contributed by atoms with Crippen LogP contribution in [0.25, 0.3) is 16.6 Å². The Bertz CT molecular complexity index is 1180. The zero-order chi connectivity index (χ0) is 24.1. The van der Waals surface area contributed by atoms with E-state index in [-0.39, 0.29) is 23.4 Å². The summed E-state index contributed by atoms with van der Waals surface area (Å²) in [7, 11) is 0. The second-order valence-corrected chi connectivity index (χ2v) is 9.36. The van der Waals surface area contributed by atoms with Crippen LogP contribution < -0.4 is 5.56 Å². The van der Waals surface area contributed by atoms with Gasteiger partial charge in [-0.25, -0.2) is 4.98 Å². The molecule has 1 aromatic heterocycles. The SMILES string of the molecule is CCCCN(C(=O)CC(C)C)C(CC)c1nc2ccccc2c(=O)n1-c1ccc(C)c(C)c1.